The molecule has 0 N–H and O–H groups in total. The molecule has 6 nitrogen and oxygen atoms in total. The number of rotatable bonds is 6. The van der Waals surface area contributed by atoms with Gasteiger partial charge in [-0.15, -0.1) is 0 Å². The third-order valence-corrected chi connectivity index (χ3v) is 6.12. The van der Waals surface area contributed by atoms with Gasteiger partial charge in [0.05, 0.1) is 36.5 Å². The summed E-state index contributed by atoms with van der Waals surface area (Å²) < 4.78 is 17.8. The maximum atomic E-state index is 13.0. The number of amides is 1. The quantitative estimate of drug-likeness (QED) is 0.675. The first-order chi connectivity index (χ1) is 14.5. The van der Waals surface area contributed by atoms with E-state index in [1.807, 2.05) is 55.1 Å². The summed E-state index contributed by atoms with van der Waals surface area (Å²) in [5.41, 5.74) is 1.20. The molecule has 2 fully saturated rings. The Morgan fingerprint density at radius 1 is 1.20 bits per heavy atom. The van der Waals surface area contributed by atoms with Crippen LogP contribution < -0.4 is 0 Å². The lowest BCUT2D eigenvalue weighted by molar-refractivity contribution is -0.156. The molecular weight excluding hydrogens is 380 g/mol. The van der Waals surface area contributed by atoms with Crippen molar-refractivity contribution in [2.24, 2.45) is 0 Å². The maximum absolute atomic E-state index is 13.0. The first-order valence-corrected chi connectivity index (χ1v) is 11.1. The molecule has 1 atom stereocenters. The van der Waals surface area contributed by atoms with Crippen LogP contribution in [0.25, 0.3) is 10.9 Å². The molecule has 6 heteroatoms. The van der Waals surface area contributed by atoms with Gasteiger partial charge < -0.3 is 19.1 Å². The number of para-hydroxylation sites is 1. The highest BCUT2D eigenvalue weighted by atomic mass is 16.5. The zero-order valence-electron chi connectivity index (χ0n) is 18.0. The number of pyridine rings is 1. The van der Waals surface area contributed by atoms with Crippen LogP contribution in [0.4, 0.5) is 0 Å². The molecule has 2 aromatic rings. The van der Waals surface area contributed by atoms with Crippen LogP contribution in [0.3, 0.4) is 0 Å². The van der Waals surface area contributed by atoms with Crippen molar-refractivity contribution < 1.29 is 19.0 Å². The van der Waals surface area contributed by atoms with Crippen LogP contribution in [0.15, 0.2) is 36.4 Å². The number of fused-ring (bicyclic) bond motifs is 1. The van der Waals surface area contributed by atoms with Gasteiger partial charge in [0.25, 0.3) is 5.91 Å². The Labute approximate surface area is 178 Å². The van der Waals surface area contributed by atoms with E-state index in [1.165, 1.54) is 0 Å². The van der Waals surface area contributed by atoms with Crippen molar-refractivity contribution in [2.45, 2.75) is 57.3 Å². The zero-order chi connectivity index (χ0) is 21.0. The van der Waals surface area contributed by atoms with E-state index in [0.717, 1.165) is 43.2 Å². The molecule has 162 valence electrons. The summed E-state index contributed by atoms with van der Waals surface area (Å²) in [7, 11) is 0. The van der Waals surface area contributed by atoms with Crippen molar-refractivity contribution in [1.29, 1.82) is 0 Å². The molecule has 30 heavy (non-hydrogen) atoms. The van der Waals surface area contributed by atoms with Gasteiger partial charge in [-0.2, -0.15) is 0 Å². The normalized spacial score (nSPS) is 21.4. The van der Waals surface area contributed by atoms with Crippen LogP contribution in [0.5, 0.6) is 0 Å². The summed E-state index contributed by atoms with van der Waals surface area (Å²) in [5, 5.41) is 1.05. The van der Waals surface area contributed by atoms with E-state index in [0.29, 0.717) is 32.0 Å². The summed E-state index contributed by atoms with van der Waals surface area (Å²) in [4.78, 5) is 19.5. The number of carbonyl (C=O) groups excluding carboxylic acids is 1. The highest BCUT2D eigenvalue weighted by Crippen LogP contribution is 2.36. The number of carbonyl (C=O) groups is 1. The minimum Gasteiger partial charge on any atom is -0.376 e. The lowest BCUT2D eigenvalue weighted by Crippen LogP contribution is -2.52. The smallest absolute Gasteiger partial charge is 0.272 e. The van der Waals surface area contributed by atoms with Gasteiger partial charge in [-0.3, -0.25) is 4.79 Å². The Morgan fingerprint density at radius 2 is 2.00 bits per heavy atom. The summed E-state index contributed by atoms with van der Waals surface area (Å²) >= 11 is 0. The highest BCUT2D eigenvalue weighted by molar-refractivity contribution is 5.95. The van der Waals surface area contributed by atoms with Gasteiger partial charge in [-0.05, 0) is 45.2 Å². The minimum atomic E-state index is -0.171. The number of piperidine rings is 1. The Hall–Kier alpha value is -2.02. The summed E-state index contributed by atoms with van der Waals surface area (Å²) in [6.45, 7) is 7.42. The number of benzene rings is 1. The van der Waals surface area contributed by atoms with E-state index in [-0.39, 0.29) is 23.7 Å². The van der Waals surface area contributed by atoms with Gasteiger partial charge in [0.1, 0.15) is 5.69 Å². The molecule has 1 spiro atoms. The van der Waals surface area contributed by atoms with Gasteiger partial charge >= 0.3 is 0 Å². The average Bonchev–Trinajstić information content (AvgIpc) is 2.76. The van der Waals surface area contributed by atoms with E-state index in [9.17, 15) is 4.79 Å². The average molecular weight is 413 g/mol. The fourth-order valence-corrected chi connectivity index (χ4v) is 4.44. The Bertz CT molecular complexity index is 861. The summed E-state index contributed by atoms with van der Waals surface area (Å²) in [6.07, 6.45) is 3.94. The Morgan fingerprint density at radius 3 is 2.80 bits per heavy atom. The monoisotopic (exact) mass is 412 g/mol. The summed E-state index contributed by atoms with van der Waals surface area (Å²) in [6, 6.07) is 11.7. The van der Waals surface area contributed by atoms with Gasteiger partial charge in [-0.25, -0.2) is 4.98 Å². The predicted octanol–water partition coefficient (Wildman–Crippen LogP) is 3.83. The van der Waals surface area contributed by atoms with E-state index in [4.69, 9.17) is 14.2 Å². The second-order valence-corrected chi connectivity index (χ2v) is 8.62. The largest absolute Gasteiger partial charge is 0.376 e. The standard InChI is InChI=1S/C24H32N2O4/c1-18(2)28-15-16-29-20-9-14-30-24(17-20)10-12-26(13-11-24)23(27)22-8-7-19-5-3-4-6-21(19)25-22/h3-8,18,20H,9-17H2,1-2H3. The number of ether oxygens (including phenoxy) is 3. The van der Waals surface area contributed by atoms with Crippen LogP contribution in [-0.4, -0.2) is 66.5 Å². The topological polar surface area (TPSA) is 60.9 Å². The van der Waals surface area contributed by atoms with Crippen LogP contribution in [-0.2, 0) is 14.2 Å². The zero-order valence-corrected chi connectivity index (χ0v) is 18.0. The molecule has 4 rings (SSSR count). The fraction of sp³-hybridized carbons (Fsp3) is 0.583. The van der Waals surface area contributed by atoms with Crippen LogP contribution in [0.2, 0.25) is 0 Å². The molecule has 1 aromatic carbocycles. The van der Waals surface area contributed by atoms with E-state index in [2.05, 4.69) is 4.98 Å². The van der Waals surface area contributed by atoms with Gasteiger partial charge in [0, 0.05) is 31.5 Å². The molecule has 0 aliphatic carbocycles. The molecule has 1 amide bonds. The molecule has 2 aliphatic rings. The molecule has 0 bridgehead atoms. The minimum absolute atomic E-state index is 0.00467. The number of hydrogen-bond donors (Lipinski definition) is 0. The van der Waals surface area contributed by atoms with Crippen molar-refractivity contribution in [3.8, 4) is 0 Å². The lowest BCUT2D eigenvalue weighted by Gasteiger charge is -2.46. The van der Waals surface area contributed by atoms with Gasteiger partial charge in [0.2, 0.25) is 0 Å². The molecule has 0 saturated carbocycles. The highest BCUT2D eigenvalue weighted by Gasteiger charge is 2.41. The Kier molecular flexibility index (Phi) is 6.66. The first-order valence-electron chi connectivity index (χ1n) is 11.1. The second-order valence-electron chi connectivity index (χ2n) is 8.62. The molecule has 3 heterocycles. The van der Waals surface area contributed by atoms with Crippen molar-refractivity contribution in [3.05, 3.63) is 42.1 Å². The fourth-order valence-electron chi connectivity index (χ4n) is 4.44. The van der Waals surface area contributed by atoms with Crippen LogP contribution >= 0.6 is 0 Å². The molecule has 1 unspecified atom stereocenters. The van der Waals surface area contributed by atoms with Crippen molar-refractivity contribution in [3.63, 3.8) is 0 Å². The number of likely N-dealkylation sites (tertiary alicyclic amines) is 1. The summed E-state index contributed by atoms with van der Waals surface area (Å²) in [5.74, 6) is 0.00467. The number of nitrogens with zero attached hydrogens (tertiary/aromatic N) is 2. The Balaban J connectivity index is 1.31. The molecule has 2 aliphatic heterocycles. The third-order valence-electron chi connectivity index (χ3n) is 6.12. The van der Waals surface area contributed by atoms with E-state index >= 15 is 0 Å². The van der Waals surface area contributed by atoms with Crippen molar-refractivity contribution >= 4 is 16.8 Å². The predicted molar refractivity (Wildman–Crippen MR) is 116 cm³/mol. The molecule has 0 radical (unpaired) electrons. The van der Waals surface area contributed by atoms with E-state index < -0.39 is 0 Å². The van der Waals surface area contributed by atoms with Crippen molar-refractivity contribution in [1.82, 2.24) is 9.88 Å². The second kappa shape index (κ2) is 9.41. The first kappa shape index (κ1) is 21.2. The maximum Gasteiger partial charge on any atom is 0.272 e. The van der Waals surface area contributed by atoms with Crippen molar-refractivity contribution in [2.75, 3.05) is 32.9 Å². The molecule has 2 saturated heterocycles. The van der Waals surface area contributed by atoms with Crippen LogP contribution in [0, 0.1) is 0 Å². The SMILES string of the molecule is CC(C)OCCOC1CCOC2(CCN(C(=O)c3ccc4ccccc4n3)CC2)C1. The molecule has 1 aromatic heterocycles. The van der Waals surface area contributed by atoms with E-state index in [1.54, 1.807) is 0 Å². The third kappa shape index (κ3) is 4.99. The van der Waals surface area contributed by atoms with Crippen LogP contribution in [0.1, 0.15) is 50.0 Å². The van der Waals surface area contributed by atoms with Gasteiger partial charge in [-0.1, -0.05) is 24.3 Å². The number of aromatic nitrogens is 1. The lowest BCUT2D eigenvalue weighted by atomic mass is 9.83. The van der Waals surface area contributed by atoms with Gasteiger partial charge in [0.15, 0.2) is 0 Å². The number of hydrogen-bond acceptors (Lipinski definition) is 5. The molecular formula is C24H32N2O4.